The highest BCUT2D eigenvalue weighted by atomic mass is 35.5. The summed E-state index contributed by atoms with van der Waals surface area (Å²) in [7, 11) is 0. The molecule has 0 aliphatic rings. The van der Waals surface area contributed by atoms with E-state index in [1.807, 2.05) is 49.4 Å². The van der Waals surface area contributed by atoms with Crippen LogP contribution < -0.4 is 12.4 Å². The maximum absolute atomic E-state index is 6.20. The van der Waals surface area contributed by atoms with Crippen molar-refractivity contribution < 1.29 is 12.4 Å². The number of rotatable bonds is 1. The fourth-order valence-electron chi connectivity index (χ4n) is 1.95. The van der Waals surface area contributed by atoms with Crippen LogP contribution in [0.3, 0.4) is 0 Å². The van der Waals surface area contributed by atoms with Gasteiger partial charge < -0.3 is 12.4 Å². The van der Waals surface area contributed by atoms with E-state index in [0.29, 0.717) is 11.0 Å². The van der Waals surface area contributed by atoms with Gasteiger partial charge in [0, 0.05) is 10.9 Å². The van der Waals surface area contributed by atoms with E-state index < -0.39 is 0 Å². The Hall–Kier alpha value is -1.64. The molecule has 1 aromatic heterocycles. The summed E-state index contributed by atoms with van der Waals surface area (Å²) < 4.78 is 0. The van der Waals surface area contributed by atoms with Gasteiger partial charge in [-0.05, 0) is 25.1 Å². The predicted molar refractivity (Wildman–Crippen MR) is 74.7 cm³/mol. The summed E-state index contributed by atoms with van der Waals surface area (Å²) in [5.74, 6) is 0.669. The number of halogens is 2. The van der Waals surface area contributed by atoms with Gasteiger partial charge in [-0.25, -0.2) is 9.97 Å². The average Bonchev–Trinajstić information content (AvgIpc) is 2.39. The lowest BCUT2D eigenvalue weighted by atomic mass is 10.1. The number of aryl methyl sites for hydroxylation is 1. The number of para-hydroxylation sites is 1. The van der Waals surface area contributed by atoms with E-state index in [1.54, 1.807) is 0 Å². The Labute approximate surface area is 122 Å². The van der Waals surface area contributed by atoms with E-state index in [9.17, 15) is 0 Å². The predicted octanol–water partition coefficient (Wildman–Crippen LogP) is 1.26. The first-order valence-corrected chi connectivity index (χ1v) is 6.11. The molecule has 19 heavy (non-hydrogen) atoms. The third-order valence-corrected chi connectivity index (χ3v) is 3.12. The highest BCUT2D eigenvalue weighted by Crippen LogP contribution is 2.24. The molecule has 4 heteroatoms. The average molecular weight is 290 g/mol. The van der Waals surface area contributed by atoms with Crippen molar-refractivity contribution in [1.29, 1.82) is 0 Å². The van der Waals surface area contributed by atoms with Crippen molar-refractivity contribution in [3.63, 3.8) is 0 Å². The van der Waals surface area contributed by atoms with Crippen LogP contribution in [-0.4, -0.2) is 9.97 Å². The lowest BCUT2D eigenvalue weighted by Gasteiger charge is -2.05. The van der Waals surface area contributed by atoms with Crippen LogP contribution in [0.1, 0.15) is 5.56 Å². The third kappa shape index (κ3) is 2.70. The van der Waals surface area contributed by atoms with E-state index >= 15 is 0 Å². The summed E-state index contributed by atoms with van der Waals surface area (Å²) >= 11 is 6.20. The first kappa shape index (κ1) is 13.8. The fourth-order valence-corrected chi connectivity index (χ4v) is 2.19. The molecular formula is C15H11Cl2N2-. The van der Waals surface area contributed by atoms with Gasteiger partial charge in [0.25, 0.3) is 0 Å². The third-order valence-electron chi connectivity index (χ3n) is 2.83. The zero-order chi connectivity index (χ0) is 12.5. The minimum Gasteiger partial charge on any atom is -1.00 e. The Morgan fingerprint density at radius 1 is 0.947 bits per heavy atom. The Bertz CT molecular complexity index is 726. The lowest BCUT2D eigenvalue weighted by molar-refractivity contribution is -0.00000365. The van der Waals surface area contributed by atoms with Gasteiger partial charge in [0.15, 0.2) is 5.82 Å². The van der Waals surface area contributed by atoms with Crippen molar-refractivity contribution in [2.24, 2.45) is 0 Å². The first-order chi connectivity index (χ1) is 8.74. The smallest absolute Gasteiger partial charge is 0.161 e. The molecule has 0 aliphatic carbocycles. The topological polar surface area (TPSA) is 25.8 Å². The number of nitrogens with zero attached hydrogens (tertiary/aromatic N) is 2. The fraction of sp³-hybridized carbons (Fsp3) is 0.0667. The van der Waals surface area contributed by atoms with E-state index in [0.717, 1.165) is 16.5 Å². The van der Waals surface area contributed by atoms with Gasteiger partial charge >= 0.3 is 0 Å². The van der Waals surface area contributed by atoms with Crippen LogP contribution in [0, 0.1) is 6.92 Å². The van der Waals surface area contributed by atoms with Gasteiger partial charge in [-0.1, -0.05) is 47.5 Å². The molecule has 0 N–H and O–H groups in total. The monoisotopic (exact) mass is 289 g/mol. The van der Waals surface area contributed by atoms with Crippen LogP contribution in [0.2, 0.25) is 5.15 Å². The molecule has 0 spiro atoms. The van der Waals surface area contributed by atoms with Crippen molar-refractivity contribution >= 4 is 22.5 Å². The molecule has 96 valence electrons. The zero-order valence-corrected chi connectivity index (χ0v) is 11.8. The molecule has 0 fully saturated rings. The SMILES string of the molecule is Cc1cccc(-c2nc(Cl)c3ccccc3n2)c1.[Cl-]. The van der Waals surface area contributed by atoms with Gasteiger partial charge in [-0.3, -0.25) is 0 Å². The normalized spacial score (nSPS) is 10.2. The van der Waals surface area contributed by atoms with E-state index in [1.165, 1.54) is 5.56 Å². The lowest BCUT2D eigenvalue weighted by Crippen LogP contribution is -3.00. The van der Waals surface area contributed by atoms with Crippen molar-refractivity contribution in [3.05, 3.63) is 59.2 Å². The Morgan fingerprint density at radius 3 is 2.53 bits per heavy atom. The second kappa shape index (κ2) is 5.55. The molecule has 0 saturated carbocycles. The van der Waals surface area contributed by atoms with Crippen LogP contribution in [0.5, 0.6) is 0 Å². The summed E-state index contributed by atoms with van der Waals surface area (Å²) in [4.78, 5) is 8.92. The maximum Gasteiger partial charge on any atom is 0.161 e. The number of fused-ring (bicyclic) bond motifs is 1. The molecule has 3 aromatic rings. The van der Waals surface area contributed by atoms with Crippen molar-refractivity contribution in [3.8, 4) is 11.4 Å². The van der Waals surface area contributed by atoms with Crippen LogP contribution in [0.4, 0.5) is 0 Å². The van der Waals surface area contributed by atoms with E-state index in [2.05, 4.69) is 16.0 Å². The minimum absolute atomic E-state index is 0. The largest absolute Gasteiger partial charge is 1.00 e. The minimum atomic E-state index is 0. The van der Waals surface area contributed by atoms with Crippen molar-refractivity contribution in [2.45, 2.75) is 6.92 Å². The molecule has 0 amide bonds. The number of hydrogen-bond donors (Lipinski definition) is 0. The van der Waals surface area contributed by atoms with Crippen molar-refractivity contribution in [1.82, 2.24) is 9.97 Å². The molecule has 0 unspecified atom stereocenters. The van der Waals surface area contributed by atoms with Gasteiger partial charge in [-0.2, -0.15) is 0 Å². The number of hydrogen-bond acceptors (Lipinski definition) is 2. The van der Waals surface area contributed by atoms with Crippen LogP contribution in [-0.2, 0) is 0 Å². The van der Waals surface area contributed by atoms with Gasteiger partial charge in [0.05, 0.1) is 5.52 Å². The molecule has 2 nitrogen and oxygen atoms in total. The van der Waals surface area contributed by atoms with E-state index in [4.69, 9.17) is 11.6 Å². The van der Waals surface area contributed by atoms with E-state index in [-0.39, 0.29) is 12.4 Å². The summed E-state index contributed by atoms with van der Waals surface area (Å²) in [6, 6.07) is 15.9. The second-order valence-corrected chi connectivity index (χ2v) is 4.58. The highest BCUT2D eigenvalue weighted by molar-refractivity contribution is 6.34. The molecule has 1 heterocycles. The molecule has 0 atom stereocenters. The maximum atomic E-state index is 6.20. The molecule has 0 radical (unpaired) electrons. The quantitative estimate of drug-likeness (QED) is 0.631. The Kier molecular flexibility index (Phi) is 4.03. The molecule has 0 aliphatic heterocycles. The molecule has 2 aromatic carbocycles. The van der Waals surface area contributed by atoms with Gasteiger partial charge in [-0.15, -0.1) is 0 Å². The Morgan fingerprint density at radius 2 is 1.74 bits per heavy atom. The van der Waals surface area contributed by atoms with Crippen LogP contribution in [0.25, 0.3) is 22.3 Å². The first-order valence-electron chi connectivity index (χ1n) is 5.73. The number of aromatic nitrogens is 2. The number of benzene rings is 2. The standard InChI is InChI=1S/C15H11ClN2.ClH/c1-10-5-4-6-11(9-10)15-17-13-8-3-2-7-12(13)14(16)18-15;/h2-9H,1H3;1H/p-1. The molecule has 0 bridgehead atoms. The summed E-state index contributed by atoms with van der Waals surface area (Å²) in [6.07, 6.45) is 0. The van der Waals surface area contributed by atoms with Crippen LogP contribution >= 0.6 is 11.6 Å². The summed E-state index contributed by atoms with van der Waals surface area (Å²) in [5.41, 5.74) is 3.04. The second-order valence-electron chi connectivity index (χ2n) is 4.22. The summed E-state index contributed by atoms with van der Waals surface area (Å²) in [5, 5.41) is 1.38. The molecule has 3 rings (SSSR count). The summed E-state index contributed by atoms with van der Waals surface area (Å²) in [6.45, 7) is 2.05. The van der Waals surface area contributed by atoms with Gasteiger partial charge in [0.2, 0.25) is 0 Å². The molecular weight excluding hydrogens is 279 g/mol. The van der Waals surface area contributed by atoms with Crippen molar-refractivity contribution in [2.75, 3.05) is 0 Å². The highest BCUT2D eigenvalue weighted by Gasteiger charge is 2.07. The van der Waals surface area contributed by atoms with Gasteiger partial charge in [0.1, 0.15) is 5.15 Å². The molecule has 0 saturated heterocycles. The Balaban J connectivity index is 0.00000133. The zero-order valence-electron chi connectivity index (χ0n) is 10.3. The van der Waals surface area contributed by atoms with Crippen LogP contribution in [0.15, 0.2) is 48.5 Å².